The Bertz CT molecular complexity index is 1210. The molecular weight excluding hydrogens is 472 g/mol. The number of rotatable bonds is 8. The molecule has 1 aromatic carbocycles. The normalized spacial score (nSPS) is 18.0. The molecule has 0 spiro atoms. The Labute approximate surface area is 204 Å². The van der Waals surface area contributed by atoms with Crippen LogP contribution in [0, 0.1) is 12.8 Å². The van der Waals surface area contributed by atoms with E-state index in [1.54, 1.807) is 29.2 Å². The fourth-order valence-corrected chi connectivity index (χ4v) is 6.27. The van der Waals surface area contributed by atoms with Crippen molar-refractivity contribution in [3.8, 4) is 10.7 Å². The lowest BCUT2D eigenvalue weighted by Crippen LogP contribution is -2.48. The largest absolute Gasteiger partial charge is 0.337 e. The third-order valence-electron chi connectivity index (χ3n) is 6.31. The summed E-state index contributed by atoms with van der Waals surface area (Å²) >= 11 is 1.52. The fourth-order valence-electron chi connectivity index (χ4n) is 4.10. The van der Waals surface area contributed by atoms with E-state index in [1.165, 1.54) is 15.6 Å². The van der Waals surface area contributed by atoms with Gasteiger partial charge in [0.05, 0.1) is 15.7 Å². The number of hydrogen-bond donors (Lipinski definition) is 0. The van der Waals surface area contributed by atoms with E-state index in [1.807, 2.05) is 38.3 Å². The summed E-state index contributed by atoms with van der Waals surface area (Å²) < 4.78 is 33.3. The predicted octanol–water partition coefficient (Wildman–Crippen LogP) is 4.33. The van der Waals surface area contributed by atoms with Crippen LogP contribution in [-0.2, 0) is 21.4 Å². The molecule has 1 saturated heterocycles. The molecule has 2 atom stereocenters. The van der Waals surface area contributed by atoms with Crippen LogP contribution in [0.4, 0.5) is 0 Å². The van der Waals surface area contributed by atoms with Crippen molar-refractivity contribution < 1.29 is 17.7 Å². The van der Waals surface area contributed by atoms with Crippen molar-refractivity contribution in [2.75, 3.05) is 13.1 Å². The zero-order valence-electron chi connectivity index (χ0n) is 19.7. The number of amides is 1. The molecule has 10 heteroatoms. The second-order valence-corrected chi connectivity index (χ2v) is 11.6. The van der Waals surface area contributed by atoms with Crippen LogP contribution < -0.4 is 0 Å². The molecule has 34 heavy (non-hydrogen) atoms. The van der Waals surface area contributed by atoms with Crippen LogP contribution in [0.25, 0.3) is 10.7 Å². The first kappa shape index (κ1) is 24.6. The van der Waals surface area contributed by atoms with Gasteiger partial charge >= 0.3 is 0 Å². The molecule has 1 fully saturated rings. The van der Waals surface area contributed by atoms with Gasteiger partial charge in [-0.15, -0.1) is 11.3 Å². The van der Waals surface area contributed by atoms with E-state index < -0.39 is 15.9 Å². The Morgan fingerprint density at radius 3 is 2.74 bits per heavy atom. The summed E-state index contributed by atoms with van der Waals surface area (Å²) in [5.74, 6) is 0.392. The van der Waals surface area contributed by atoms with E-state index in [2.05, 4.69) is 10.1 Å². The summed E-state index contributed by atoms with van der Waals surface area (Å²) in [6.45, 7) is 6.71. The molecule has 1 aliphatic rings. The maximum Gasteiger partial charge on any atom is 0.246 e. The summed E-state index contributed by atoms with van der Waals surface area (Å²) in [5.41, 5.74) is 0.998. The minimum absolute atomic E-state index is 0.0475. The molecular formula is C24H30N4O4S2. The number of carbonyl (C=O) groups is 1. The molecule has 0 N–H and O–H groups in total. The molecule has 8 nitrogen and oxygen atoms in total. The molecule has 3 aromatic rings. The number of piperidine rings is 1. The van der Waals surface area contributed by atoms with Crippen LogP contribution in [0.2, 0.25) is 0 Å². The second-order valence-electron chi connectivity index (χ2n) is 8.73. The summed E-state index contributed by atoms with van der Waals surface area (Å²) in [4.78, 5) is 21.0. The summed E-state index contributed by atoms with van der Waals surface area (Å²) in [6, 6.07) is 10.6. The van der Waals surface area contributed by atoms with Crippen molar-refractivity contribution in [3.63, 3.8) is 0 Å². The van der Waals surface area contributed by atoms with Gasteiger partial charge in [0.15, 0.2) is 0 Å². The summed E-state index contributed by atoms with van der Waals surface area (Å²) in [6.07, 6.45) is 2.05. The molecule has 1 aliphatic heterocycles. The van der Waals surface area contributed by atoms with Crippen LogP contribution in [0.3, 0.4) is 0 Å². The Hall–Kier alpha value is -2.56. The van der Waals surface area contributed by atoms with E-state index in [0.717, 1.165) is 16.9 Å². The first-order chi connectivity index (χ1) is 16.3. The van der Waals surface area contributed by atoms with Crippen LogP contribution in [-0.4, -0.2) is 52.8 Å². The highest BCUT2D eigenvalue weighted by molar-refractivity contribution is 7.89. The summed E-state index contributed by atoms with van der Waals surface area (Å²) in [5, 5.41) is 6.00. The average molecular weight is 503 g/mol. The first-order valence-corrected chi connectivity index (χ1v) is 13.8. The predicted molar refractivity (Wildman–Crippen MR) is 131 cm³/mol. The van der Waals surface area contributed by atoms with Crippen LogP contribution in [0.15, 0.2) is 51.2 Å². The van der Waals surface area contributed by atoms with E-state index in [9.17, 15) is 13.2 Å². The quantitative estimate of drug-likeness (QED) is 0.455. The average Bonchev–Trinajstić information content (AvgIpc) is 3.54. The molecule has 0 unspecified atom stereocenters. The minimum atomic E-state index is -3.65. The monoisotopic (exact) mass is 502 g/mol. The van der Waals surface area contributed by atoms with Crippen LogP contribution >= 0.6 is 11.3 Å². The van der Waals surface area contributed by atoms with Crippen molar-refractivity contribution in [2.45, 2.75) is 57.5 Å². The lowest BCUT2D eigenvalue weighted by Gasteiger charge is -2.36. The van der Waals surface area contributed by atoms with Gasteiger partial charge in [-0.3, -0.25) is 4.79 Å². The van der Waals surface area contributed by atoms with Crippen molar-refractivity contribution in [1.29, 1.82) is 0 Å². The number of nitrogens with zero attached hydrogens (tertiary/aromatic N) is 4. The summed E-state index contributed by atoms with van der Waals surface area (Å²) in [7, 11) is -3.65. The Morgan fingerprint density at radius 1 is 1.29 bits per heavy atom. The van der Waals surface area contributed by atoms with Gasteiger partial charge in [-0.1, -0.05) is 35.8 Å². The molecule has 1 amide bonds. The highest BCUT2D eigenvalue weighted by Gasteiger charge is 2.36. The SMILES string of the molecule is CC[C@@H](C)N(Cc1nc(-c2cccs2)no1)C(=O)[C@@H]1CCCN(S(=O)(=O)c2ccc(C)cc2)C1. The van der Waals surface area contributed by atoms with Crippen LogP contribution in [0.1, 0.15) is 44.6 Å². The standard InChI is InChI=1S/C24H30N4O4S2/c1-4-18(3)28(16-22-25-23(26-32-22)21-8-6-14-33-21)24(29)19-7-5-13-27(15-19)34(30,31)20-11-9-17(2)10-12-20/h6,8-12,14,18-19H,4-5,7,13,15-16H2,1-3H3/t18-,19-/m1/s1. The molecule has 0 saturated carbocycles. The molecule has 182 valence electrons. The van der Waals surface area contributed by atoms with Gasteiger partial charge in [0, 0.05) is 19.1 Å². The number of aromatic nitrogens is 2. The number of thiophene rings is 1. The number of hydrogen-bond acceptors (Lipinski definition) is 7. The molecule has 0 radical (unpaired) electrons. The second kappa shape index (κ2) is 10.4. The van der Waals surface area contributed by atoms with Gasteiger partial charge in [0.2, 0.25) is 27.6 Å². The van der Waals surface area contributed by atoms with E-state index in [-0.39, 0.29) is 29.9 Å². The van der Waals surface area contributed by atoms with Gasteiger partial charge in [-0.05, 0) is 56.7 Å². The van der Waals surface area contributed by atoms with Crippen molar-refractivity contribution >= 4 is 27.3 Å². The Balaban J connectivity index is 1.50. The van der Waals surface area contributed by atoms with E-state index in [4.69, 9.17) is 4.52 Å². The lowest BCUT2D eigenvalue weighted by atomic mass is 9.97. The lowest BCUT2D eigenvalue weighted by molar-refractivity contribution is -0.140. The molecule has 2 aromatic heterocycles. The fraction of sp³-hybridized carbons (Fsp3) is 0.458. The Morgan fingerprint density at radius 2 is 2.06 bits per heavy atom. The van der Waals surface area contributed by atoms with E-state index in [0.29, 0.717) is 31.1 Å². The Kier molecular flexibility index (Phi) is 7.49. The van der Waals surface area contributed by atoms with Gasteiger partial charge in [-0.25, -0.2) is 8.42 Å². The minimum Gasteiger partial charge on any atom is -0.337 e. The number of benzene rings is 1. The van der Waals surface area contributed by atoms with Gasteiger partial charge in [-0.2, -0.15) is 9.29 Å². The molecule has 3 heterocycles. The topological polar surface area (TPSA) is 96.6 Å². The van der Waals surface area contributed by atoms with E-state index >= 15 is 0 Å². The van der Waals surface area contributed by atoms with Gasteiger partial charge < -0.3 is 9.42 Å². The maximum absolute atomic E-state index is 13.6. The van der Waals surface area contributed by atoms with Crippen molar-refractivity contribution in [2.24, 2.45) is 5.92 Å². The number of aryl methyl sites for hydroxylation is 1. The molecule has 0 aliphatic carbocycles. The van der Waals surface area contributed by atoms with Crippen LogP contribution in [0.5, 0.6) is 0 Å². The zero-order chi connectivity index (χ0) is 24.3. The van der Waals surface area contributed by atoms with Gasteiger partial charge in [0.25, 0.3) is 0 Å². The zero-order valence-corrected chi connectivity index (χ0v) is 21.3. The molecule has 0 bridgehead atoms. The van der Waals surface area contributed by atoms with Gasteiger partial charge in [0.1, 0.15) is 6.54 Å². The third-order valence-corrected chi connectivity index (χ3v) is 9.06. The maximum atomic E-state index is 13.6. The molecule has 4 rings (SSSR count). The first-order valence-electron chi connectivity index (χ1n) is 11.5. The highest BCUT2D eigenvalue weighted by atomic mass is 32.2. The smallest absolute Gasteiger partial charge is 0.246 e. The highest BCUT2D eigenvalue weighted by Crippen LogP contribution is 2.27. The number of carbonyl (C=O) groups excluding carboxylic acids is 1. The van der Waals surface area contributed by atoms with Crippen molar-refractivity contribution in [3.05, 3.63) is 53.2 Å². The third kappa shape index (κ3) is 5.24. The van der Waals surface area contributed by atoms with Crippen molar-refractivity contribution in [1.82, 2.24) is 19.3 Å². The number of sulfonamides is 1.